The molecule has 0 unspecified atom stereocenters. The fourth-order valence-electron chi connectivity index (χ4n) is 3.24. The molecular formula is C17H21BrN2O4S. The number of halogens is 1. The summed E-state index contributed by atoms with van der Waals surface area (Å²) in [5, 5.41) is 0. The molecule has 0 spiro atoms. The maximum absolute atomic E-state index is 12.5. The third kappa shape index (κ3) is 3.74. The van der Waals surface area contributed by atoms with Gasteiger partial charge < -0.3 is 9.80 Å². The summed E-state index contributed by atoms with van der Waals surface area (Å²) in [4.78, 5) is 28.0. The van der Waals surface area contributed by atoms with Crippen LogP contribution in [-0.4, -0.2) is 55.5 Å². The van der Waals surface area contributed by atoms with Crippen LogP contribution < -0.4 is 0 Å². The van der Waals surface area contributed by atoms with Crippen molar-refractivity contribution in [2.24, 2.45) is 5.41 Å². The lowest BCUT2D eigenvalue weighted by Gasteiger charge is -2.43. The molecular weight excluding hydrogens is 408 g/mol. The Bertz CT molecular complexity index is 787. The van der Waals surface area contributed by atoms with Crippen LogP contribution in [0.4, 0.5) is 0 Å². The van der Waals surface area contributed by atoms with Crippen molar-refractivity contribution in [3.63, 3.8) is 0 Å². The van der Waals surface area contributed by atoms with Crippen molar-refractivity contribution in [1.29, 1.82) is 0 Å². The second-order valence-electron chi connectivity index (χ2n) is 7.00. The molecule has 2 fully saturated rings. The predicted octanol–water partition coefficient (Wildman–Crippen LogP) is 2.04. The first-order valence-electron chi connectivity index (χ1n) is 8.27. The molecule has 1 heterocycles. The van der Waals surface area contributed by atoms with Gasteiger partial charge in [-0.2, -0.15) is 0 Å². The molecule has 0 aromatic heterocycles. The standard InChI is InChI=1S/C17H21BrN2O4S/c1-17(7-2-8-17)16(22)19-9-10-20(15(21)11-19)12-25(23,24)14-5-3-13(18)4-6-14/h3-6H,2,7-12H2,1H3. The molecule has 2 aliphatic rings. The maximum Gasteiger partial charge on any atom is 0.243 e. The number of amides is 2. The summed E-state index contributed by atoms with van der Waals surface area (Å²) < 4.78 is 25.8. The number of benzene rings is 1. The normalized spacial score (nSPS) is 20.3. The molecule has 6 nitrogen and oxygen atoms in total. The Hall–Kier alpha value is -1.41. The Labute approximate surface area is 156 Å². The molecule has 8 heteroatoms. The lowest BCUT2D eigenvalue weighted by atomic mass is 9.69. The van der Waals surface area contributed by atoms with Gasteiger partial charge >= 0.3 is 0 Å². The molecule has 1 saturated heterocycles. The smallest absolute Gasteiger partial charge is 0.243 e. The first kappa shape index (κ1) is 18.4. The van der Waals surface area contributed by atoms with Gasteiger partial charge in [0.2, 0.25) is 11.8 Å². The van der Waals surface area contributed by atoms with E-state index in [2.05, 4.69) is 15.9 Å². The van der Waals surface area contributed by atoms with Crippen LogP contribution in [0, 0.1) is 5.41 Å². The topological polar surface area (TPSA) is 74.8 Å². The highest BCUT2D eigenvalue weighted by molar-refractivity contribution is 9.10. The number of rotatable bonds is 4. The van der Waals surface area contributed by atoms with Gasteiger partial charge in [-0.25, -0.2) is 8.42 Å². The molecule has 0 atom stereocenters. The van der Waals surface area contributed by atoms with Crippen molar-refractivity contribution >= 4 is 37.6 Å². The molecule has 25 heavy (non-hydrogen) atoms. The van der Waals surface area contributed by atoms with Gasteiger partial charge in [-0.1, -0.05) is 29.3 Å². The highest BCUT2D eigenvalue weighted by Gasteiger charge is 2.43. The summed E-state index contributed by atoms with van der Waals surface area (Å²) in [6.45, 7) is 2.53. The van der Waals surface area contributed by atoms with E-state index in [-0.39, 0.29) is 41.1 Å². The molecule has 1 aromatic carbocycles. The van der Waals surface area contributed by atoms with Crippen LogP contribution >= 0.6 is 15.9 Å². The Morgan fingerprint density at radius 1 is 1.20 bits per heavy atom. The van der Waals surface area contributed by atoms with Crippen molar-refractivity contribution in [2.75, 3.05) is 25.5 Å². The van der Waals surface area contributed by atoms with E-state index >= 15 is 0 Å². The van der Waals surface area contributed by atoms with Crippen LogP contribution in [0.15, 0.2) is 33.6 Å². The minimum Gasteiger partial charge on any atom is -0.331 e. The first-order valence-corrected chi connectivity index (χ1v) is 10.7. The second-order valence-corrected chi connectivity index (χ2v) is 9.87. The number of hydrogen-bond donors (Lipinski definition) is 0. The zero-order chi connectivity index (χ0) is 18.2. The summed E-state index contributed by atoms with van der Waals surface area (Å²) in [6, 6.07) is 6.34. The number of carbonyl (C=O) groups excluding carboxylic acids is 2. The van der Waals surface area contributed by atoms with Crippen molar-refractivity contribution < 1.29 is 18.0 Å². The third-order valence-electron chi connectivity index (χ3n) is 5.08. The van der Waals surface area contributed by atoms with Crippen LogP contribution in [-0.2, 0) is 19.4 Å². The zero-order valence-electron chi connectivity index (χ0n) is 14.1. The average molecular weight is 429 g/mol. The van der Waals surface area contributed by atoms with E-state index in [0.717, 1.165) is 23.7 Å². The molecule has 2 amide bonds. The van der Waals surface area contributed by atoms with E-state index < -0.39 is 9.84 Å². The van der Waals surface area contributed by atoms with Crippen LogP contribution in [0.25, 0.3) is 0 Å². The first-order chi connectivity index (χ1) is 11.7. The molecule has 3 rings (SSSR count). The fraction of sp³-hybridized carbons (Fsp3) is 0.529. The lowest BCUT2D eigenvalue weighted by molar-refractivity contribution is -0.153. The van der Waals surface area contributed by atoms with E-state index in [1.54, 1.807) is 17.0 Å². The third-order valence-corrected chi connectivity index (χ3v) is 7.25. The number of hydrogen-bond acceptors (Lipinski definition) is 4. The van der Waals surface area contributed by atoms with Gasteiger partial charge in [0.25, 0.3) is 0 Å². The molecule has 0 bridgehead atoms. The summed E-state index contributed by atoms with van der Waals surface area (Å²) in [7, 11) is -3.59. The van der Waals surface area contributed by atoms with Crippen molar-refractivity contribution in [3.05, 3.63) is 28.7 Å². The van der Waals surface area contributed by atoms with E-state index in [1.807, 2.05) is 6.92 Å². The molecule has 1 saturated carbocycles. The van der Waals surface area contributed by atoms with Gasteiger partial charge in [0.1, 0.15) is 5.88 Å². The highest BCUT2D eigenvalue weighted by Crippen LogP contribution is 2.42. The Kier molecular flexibility index (Phi) is 4.94. The van der Waals surface area contributed by atoms with Crippen LogP contribution in [0.3, 0.4) is 0 Å². The van der Waals surface area contributed by atoms with E-state index in [9.17, 15) is 18.0 Å². The lowest BCUT2D eigenvalue weighted by Crippen LogP contribution is -2.57. The number of piperazine rings is 1. The monoisotopic (exact) mass is 428 g/mol. The van der Waals surface area contributed by atoms with Crippen molar-refractivity contribution in [1.82, 2.24) is 9.80 Å². The predicted molar refractivity (Wildman–Crippen MR) is 96.4 cm³/mol. The summed E-state index contributed by atoms with van der Waals surface area (Å²) in [5.74, 6) is -0.655. The van der Waals surface area contributed by atoms with E-state index in [1.165, 1.54) is 17.0 Å². The number of nitrogens with zero attached hydrogens (tertiary/aromatic N) is 2. The SMILES string of the molecule is CC1(C(=O)N2CCN(CS(=O)(=O)c3ccc(Br)cc3)C(=O)C2)CCC1. The molecule has 136 valence electrons. The molecule has 0 N–H and O–H groups in total. The van der Waals surface area contributed by atoms with E-state index in [4.69, 9.17) is 0 Å². The highest BCUT2D eigenvalue weighted by atomic mass is 79.9. The van der Waals surface area contributed by atoms with Gasteiger partial charge in [0.05, 0.1) is 11.4 Å². The molecule has 0 radical (unpaired) electrons. The second kappa shape index (κ2) is 6.72. The van der Waals surface area contributed by atoms with Crippen LogP contribution in [0.2, 0.25) is 0 Å². The zero-order valence-corrected chi connectivity index (χ0v) is 16.5. The molecule has 1 aromatic rings. The fourth-order valence-corrected chi connectivity index (χ4v) is 4.89. The Morgan fingerprint density at radius 3 is 2.36 bits per heavy atom. The minimum absolute atomic E-state index is 0.0162. The van der Waals surface area contributed by atoms with Crippen LogP contribution in [0.5, 0.6) is 0 Å². The van der Waals surface area contributed by atoms with Gasteiger partial charge in [0, 0.05) is 23.0 Å². The Morgan fingerprint density at radius 2 is 1.84 bits per heavy atom. The van der Waals surface area contributed by atoms with Crippen molar-refractivity contribution in [2.45, 2.75) is 31.1 Å². The number of sulfone groups is 1. The maximum atomic E-state index is 12.5. The summed E-state index contributed by atoms with van der Waals surface area (Å²) in [5.41, 5.74) is -0.341. The quantitative estimate of drug-likeness (QED) is 0.735. The van der Waals surface area contributed by atoms with E-state index in [0.29, 0.717) is 6.54 Å². The summed E-state index contributed by atoms with van der Waals surface area (Å²) in [6.07, 6.45) is 2.76. The summed E-state index contributed by atoms with van der Waals surface area (Å²) >= 11 is 3.27. The molecule has 1 aliphatic carbocycles. The van der Waals surface area contributed by atoms with Gasteiger partial charge in [-0.05, 0) is 37.1 Å². The number of carbonyl (C=O) groups is 2. The Balaban J connectivity index is 1.64. The van der Waals surface area contributed by atoms with Gasteiger partial charge in [0.15, 0.2) is 9.84 Å². The largest absolute Gasteiger partial charge is 0.331 e. The van der Waals surface area contributed by atoms with Crippen molar-refractivity contribution in [3.8, 4) is 0 Å². The van der Waals surface area contributed by atoms with Crippen LogP contribution in [0.1, 0.15) is 26.2 Å². The molecule has 1 aliphatic heterocycles. The van der Waals surface area contributed by atoms with Gasteiger partial charge in [-0.15, -0.1) is 0 Å². The average Bonchev–Trinajstić information content (AvgIpc) is 2.54. The van der Waals surface area contributed by atoms with Gasteiger partial charge in [-0.3, -0.25) is 9.59 Å². The minimum atomic E-state index is -3.59.